The van der Waals surface area contributed by atoms with Crippen LogP contribution in [0.1, 0.15) is 60.3 Å². The fourth-order valence-corrected chi connectivity index (χ4v) is 2.85. The van der Waals surface area contributed by atoms with Gasteiger partial charge in [-0.2, -0.15) is 15.3 Å². The van der Waals surface area contributed by atoms with Gasteiger partial charge in [0, 0.05) is 24.4 Å². The Morgan fingerprint density at radius 1 is 1.15 bits per heavy atom. The summed E-state index contributed by atoms with van der Waals surface area (Å²) in [7, 11) is 0. The Bertz CT molecular complexity index is 791. The zero-order valence-electron chi connectivity index (χ0n) is 16.8. The van der Waals surface area contributed by atoms with Crippen molar-refractivity contribution in [1.29, 1.82) is 0 Å². The minimum Gasteiger partial charge on any atom is -0.303 e. The highest BCUT2D eigenvalue weighted by molar-refractivity contribution is 7.14. The van der Waals surface area contributed by atoms with Crippen molar-refractivity contribution in [2.24, 2.45) is 25.5 Å². The molecule has 9 heteroatoms. The largest absolute Gasteiger partial charge is 0.303 e. The number of anilines is 1. The van der Waals surface area contributed by atoms with E-state index in [4.69, 9.17) is 0 Å². The predicted octanol–water partition coefficient (Wildman–Crippen LogP) is 5.03. The topological polar surface area (TPSA) is 95.8 Å². The van der Waals surface area contributed by atoms with E-state index < -0.39 is 0 Å². The summed E-state index contributed by atoms with van der Waals surface area (Å²) in [5, 5.41) is 22.0. The van der Waals surface area contributed by atoms with E-state index in [1.54, 1.807) is 6.92 Å². The average Bonchev–Trinajstić information content (AvgIpc) is 2.92. The van der Waals surface area contributed by atoms with Gasteiger partial charge < -0.3 is 4.79 Å². The van der Waals surface area contributed by atoms with E-state index in [1.165, 1.54) is 11.3 Å². The Labute approximate surface area is 164 Å². The van der Waals surface area contributed by atoms with Gasteiger partial charge in [0.2, 0.25) is 4.80 Å². The molecular formula is C18H29N7OS. The first-order valence-corrected chi connectivity index (χ1v) is 9.73. The van der Waals surface area contributed by atoms with Crippen molar-refractivity contribution in [1.82, 2.24) is 4.57 Å². The molecule has 1 aromatic rings. The second-order valence-electron chi connectivity index (χ2n) is 6.46. The molecule has 0 saturated carbocycles. The third kappa shape index (κ3) is 8.67. The molecule has 8 nitrogen and oxygen atoms in total. The molecule has 0 fully saturated rings. The molecule has 0 saturated heterocycles. The molecule has 0 unspecified atom stereocenters. The normalized spacial score (nSPS) is 11.5. The van der Waals surface area contributed by atoms with Crippen molar-refractivity contribution < 1.29 is 4.79 Å². The van der Waals surface area contributed by atoms with Crippen LogP contribution >= 0.6 is 11.3 Å². The first-order chi connectivity index (χ1) is 12.8. The summed E-state index contributed by atoms with van der Waals surface area (Å²) < 4.78 is 1.98. The van der Waals surface area contributed by atoms with Crippen molar-refractivity contribution >= 4 is 39.9 Å². The van der Waals surface area contributed by atoms with Gasteiger partial charge in [-0.15, -0.1) is 10.2 Å². The first kappa shape index (κ1) is 22.6. The van der Waals surface area contributed by atoms with Gasteiger partial charge >= 0.3 is 0 Å². The lowest BCUT2D eigenvalue weighted by Crippen LogP contribution is -2.14. The van der Waals surface area contributed by atoms with Gasteiger partial charge in [-0.3, -0.25) is 9.99 Å². The molecule has 1 rings (SSSR count). The number of nitrogens with one attached hydrogen (secondary N) is 1. The third-order valence-electron chi connectivity index (χ3n) is 3.12. The zero-order chi connectivity index (χ0) is 20.2. The van der Waals surface area contributed by atoms with Crippen LogP contribution in [0.15, 0.2) is 37.8 Å². The summed E-state index contributed by atoms with van der Waals surface area (Å²) >= 11 is 1.42. The minimum absolute atomic E-state index is 0.588. The summed E-state index contributed by atoms with van der Waals surface area (Å²) in [4.78, 5) is 11.2. The molecule has 0 aliphatic carbocycles. The number of aromatic nitrogens is 1. The highest BCUT2D eigenvalue weighted by Gasteiger charge is 2.14. The van der Waals surface area contributed by atoms with Crippen LogP contribution in [0.2, 0.25) is 0 Å². The van der Waals surface area contributed by atoms with Gasteiger partial charge in [-0.25, -0.2) is 0 Å². The smallest absolute Gasteiger partial charge is 0.214 e. The number of hydrogen-bond acceptors (Lipinski definition) is 8. The summed E-state index contributed by atoms with van der Waals surface area (Å²) in [6, 6.07) is 0. The maximum atomic E-state index is 10.5. The second kappa shape index (κ2) is 12.1. The van der Waals surface area contributed by atoms with Crippen molar-refractivity contribution in [3.63, 3.8) is 0 Å². The molecule has 0 aliphatic rings. The molecule has 1 heterocycles. The molecule has 0 aromatic carbocycles. The molecular weight excluding hydrogens is 362 g/mol. The SMILES string of the molecule is C=C(C)N=Nc1c(NN=C(C)C)sc(=NN=C(C)C)n1CCCCCC=O. The quantitative estimate of drug-likeness (QED) is 0.188. The maximum Gasteiger partial charge on any atom is 0.214 e. The van der Waals surface area contributed by atoms with E-state index in [1.807, 2.05) is 32.3 Å². The molecule has 0 aliphatic heterocycles. The van der Waals surface area contributed by atoms with Crippen LogP contribution in [0.5, 0.6) is 0 Å². The van der Waals surface area contributed by atoms with E-state index >= 15 is 0 Å². The molecule has 0 atom stereocenters. The van der Waals surface area contributed by atoms with Gasteiger partial charge in [-0.05, 0) is 47.5 Å². The number of aldehydes is 1. The first-order valence-electron chi connectivity index (χ1n) is 8.91. The minimum atomic E-state index is 0.588. The van der Waals surface area contributed by atoms with Crippen molar-refractivity contribution in [3.05, 3.63) is 17.1 Å². The van der Waals surface area contributed by atoms with E-state index in [9.17, 15) is 4.79 Å². The van der Waals surface area contributed by atoms with Gasteiger partial charge in [0.05, 0.1) is 5.70 Å². The molecule has 1 N–H and O–H groups in total. The van der Waals surface area contributed by atoms with Crippen LogP contribution in [0.25, 0.3) is 0 Å². The summed E-state index contributed by atoms with van der Waals surface area (Å²) in [5.41, 5.74) is 5.41. The van der Waals surface area contributed by atoms with Gasteiger partial charge in [0.15, 0.2) is 10.8 Å². The lowest BCUT2D eigenvalue weighted by Gasteiger charge is -2.06. The second-order valence-corrected chi connectivity index (χ2v) is 7.44. The predicted molar refractivity (Wildman–Crippen MR) is 113 cm³/mol. The molecule has 1 aromatic heterocycles. The maximum absolute atomic E-state index is 10.5. The number of hydrogen-bond donors (Lipinski definition) is 1. The van der Waals surface area contributed by atoms with E-state index in [0.29, 0.717) is 29.3 Å². The highest BCUT2D eigenvalue weighted by Crippen LogP contribution is 2.30. The number of thiazole rings is 1. The van der Waals surface area contributed by atoms with Gasteiger partial charge in [0.1, 0.15) is 6.29 Å². The van der Waals surface area contributed by atoms with Crippen LogP contribution < -0.4 is 10.2 Å². The summed E-state index contributed by atoms with van der Waals surface area (Å²) in [5.74, 6) is 0.645. The fraction of sp³-hybridized carbons (Fsp3) is 0.556. The highest BCUT2D eigenvalue weighted by atomic mass is 32.1. The lowest BCUT2D eigenvalue weighted by molar-refractivity contribution is -0.107. The monoisotopic (exact) mass is 391 g/mol. The summed E-state index contributed by atoms with van der Waals surface area (Å²) in [6.07, 6.45) is 4.27. The Morgan fingerprint density at radius 2 is 1.89 bits per heavy atom. The number of unbranched alkanes of at least 4 members (excludes halogenated alkanes) is 3. The number of rotatable bonds is 11. The Hall–Kier alpha value is -2.42. The van der Waals surface area contributed by atoms with Crippen molar-refractivity contribution in [2.75, 3.05) is 5.43 Å². The van der Waals surface area contributed by atoms with E-state index in [-0.39, 0.29) is 0 Å². The van der Waals surface area contributed by atoms with Crippen molar-refractivity contribution in [3.8, 4) is 0 Å². The lowest BCUT2D eigenvalue weighted by atomic mass is 10.2. The number of hydrazone groups is 1. The molecule has 0 spiro atoms. The number of carbonyl (C=O) groups is 1. The Kier molecular flexibility index (Phi) is 10.1. The fourth-order valence-electron chi connectivity index (χ4n) is 1.97. The third-order valence-corrected chi connectivity index (χ3v) is 4.08. The number of nitrogens with zero attached hydrogens (tertiary/aromatic N) is 6. The number of azo groups is 1. The number of carbonyl (C=O) groups excluding carboxylic acids is 1. The standard InChI is InChI=1S/C18H29N7OS/c1-13(2)19-22-16-17(23-20-14(3)4)27-18(24-21-15(5)6)25(16)11-9-7-8-10-12-26/h12,23H,1,7-11H2,2-6H3. The molecule has 27 heavy (non-hydrogen) atoms. The van der Waals surface area contributed by atoms with Crippen LogP contribution in [-0.4, -0.2) is 22.3 Å². The van der Waals surface area contributed by atoms with Crippen molar-refractivity contribution in [2.45, 2.75) is 66.8 Å². The van der Waals surface area contributed by atoms with Gasteiger partial charge in [-0.1, -0.05) is 24.3 Å². The van der Waals surface area contributed by atoms with Crippen LogP contribution in [0, 0.1) is 0 Å². The molecule has 0 bridgehead atoms. The molecule has 0 amide bonds. The molecule has 148 valence electrons. The van der Waals surface area contributed by atoms with Crippen LogP contribution in [0.3, 0.4) is 0 Å². The molecule has 0 radical (unpaired) electrons. The number of allylic oxidation sites excluding steroid dienone is 1. The van der Waals surface area contributed by atoms with E-state index in [2.05, 4.69) is 37.5 Å². The zero-order valence-corrected chi connectivity index (χ0v) is 17.6. The Balaban J connectivity index is 3.33. The van der Waals surface area contributed by atoms with Crippen LogP contribution in [0.4, 0.5) is 10.8 Å². The Morgan fingerprint density at radius 3 is 2.48 bits per heavy atom. The average molecular weight is 392 g/mol. The van der Waals surface area contributed by atoms with Crippen LogP contribution in [-0.2, 0) is 11.3 Å². The summed E-state index contributed by atoms with van der Waals surface area (Å²) in [6.45, 7) is 13.9. The van der Waals surface area contributed by atoms with E-state index in [0.717, 1.165) is 42.0 Å². The van der Waals surface area contributed by atoms with Gasteiger partial charge in [0.25, 0.3) is 0 Å².